The summed E-state index contributed by atoms with van der Waals surface area (Å²) in [5.41, 5.74) is 8.51. The summed E-state index contributed by atoms with van der Waals surface area (Å²) in [5.74, 6) is -0.264. The summed E-state index contributed by atoms with van der Waals surface area (Å²) < 4.78 is 1.55. The lowest BCUT2D eigenvalue weighted by atomic mass is 10.1. The van der Waals surface area contributed by atoms with Gasteiger partial charge in [-0.25, -0.2) is 9.99 Å². The number of aryl methyl sites for hydroxylation is 1. The van der Waals surface area contributed by atoms with Crippen molar-refractivity contribution >= 4 is 46.2 Å². The highest BCUT2D eigenvalue weighted by Gasteiger charge is 2.38. The van der Waals surface area contributed by atoms with Crippen LogP contribution < -0.4 is 15.9 Å². The minimum absolute atomic E-state index is 0.0988. The fourth-order valence-corrected chi connectivity index (χ4v) is 6.93. The van der Waals surface area contributed by atoms with Crippen molar-refractivity contribution in [2.75, 3.05) is 19.0 Å². The van der Waals surface area contributed by atoms with Gasteiger partial charge in [-0.3, -0.25) is 24.4 Å². The predicted octanol–water partition coefficient (Wildman–Crippen LogP) is 7.09. The van der Waals surface area contributed by atoms with Crippen molar-refractivity contribution in [2.24, 2.45) is 0 Å². The zero-order chi connectivity index (χ0) is 34.9. The van der Waals surface area contributed by atoms with Crippen molar-refractivity contribution in [1.82, 2.24) is 20.0 Å². The molecule has 0 bridgehead atoms. The van der Waals surface area contributed by atoms with Crippen LogP contribution in [-0.4, -0.2) is 45.6 Å². The minimum atomic E-state index is -0.571. The lowest BCUT2D eigenvalue weighted by molar-refractivity contribution is -0.128. The Morgan fingerprint density at radius 1 is 0.860 bits per heavy atom. The van der Waals surface area contributed by atoms with E-state index in [2.05, 4.69) is 5.43 Å². The van der Waals surface area contributed by atoms with Crippen LogP contribution in [0, 0.1) is 6.92 Å². The zero-order valence-corrected chi connectivity index (χ0v) is 28.4. The highest BCUT2D eigenvalue weighted by molar-refractivity contribution is 8.04. The van der Waals surface area contributed by atoms with E-state index in [1.807, 2.05) is 92.7 Å². The number of aromatic nitrogens is 2. The molecule has 0 spiro atoms. The molecule has 248 valence electrons. The minimum Gasteiger partial charge on any atom is -0.508 e. The van der Waals surface area contributed by atoms with Crippen LogP contribution in [0.5, 0.6) is 5.75 Å². The van der Waals surface area contributed by atoms with Crippen LogP contribution in [0.25, 0.3) is 34.1 Å². The Hall–Kier alpha value is -6.13. The van der Waals surface area contributed by atoms with Crippen LogP contribution in [0.2, 0.25) is 0 Å². The Kier molecular flexibility index (Phi) is 8.69. The molecule has 7 rings (SSSR count). The van der Waals surface area contributed by atoms with Gasteiger partial charge < -0.3 is 10.0 Å². The maximum Gasteiger partial charge on any atom is 0.280 e. The molecule has 10 heteroatoms. The molecule has 1 fully saturated rings. The maximum absolute atomic E-state index is 13.8. The Balaban J connectivity index is 1.20. The second-order valence-electron chi connectivity index (χ2n) is 12.2. The van der Waals surface area contributed by atoms with Crippen LogP contribution in [-0.2, 0) is 4.79 Å². The van der Waals surface area contributed by atoms with E-state index in [0.29, 0.717) is 32.9 Å². The Labute approximate surface area is 293 Å². The number of phenolic OH excluding ortho intramolecular Hbond substituents is 1. The topological polar surface area (TPSA) is 108 Å². The van der Waals surface area contributed by atoms with E-state index in [1.54, 1.807) is 65.2 Å². The van der Waals surface area contributed by atoms with Gasteiger partial charge in [0.15, 0.2) is 0 Å². The predicted molar refractivity (Wildman–Crippen MR) is 199 cm³/mol. The summed E-state index contributed by atoms with van der Waals surface area (Å²) in [6.07, 6.45) is 1.81. The fraction of sp³-hybridized carbons (Fsp3) is 0.100. The summed E-state index contributed by atoms with van der Waals surface area (Å²) in [7, 11) is 3.92. The van der Waals surface area contributed by atoms with E-state index >= 15 is 0 Å². The average molecular weight is 680 g/mol. The van der Waals surface area contributed by atoms with Crippen molar-refractivity contribution in [2.45, 2.75) is 12.3 Å². The second-order valence-corrected chi connectivity index (χ2v) is 13.3. The number of hydrogen-bond acceptors (Lipinski definition) is 7. The summed E-state index contributed by atoms with van der Waals surface area (Å²) in [6, 6.07) is 36.1. The van der Waals surface area contributed by atoms with E-state index in [1.165, 1.54) is 16.8 Å². The van der Waals surface area contributed by atoms with Crippen molar-refractivity contribution in [3.63, 3.8) is 0 Å². The van der Waals surface area contributed by atoms with Crippen LogP contribution in [0.15, 0.2) is 131 Å². The number of para-hydroxylation sites is 1. The quantitative estimate of drug-likeness (QED) is 0.174. The third kappa shape index (κ3) is 6.36. The third-order valence-corrected chi connectivity index (χ3v) is 9.74. The van der Waals surface area contributed by atoms with Crippen LogP contribution in [0.3, 0.4) is 0 Å². The molecule has 50 heavy (non-hydrogen) atoms. The normalized spacial score (nSPS) is 15.1. The molecular weight excluding hydrogens is 647 g/mol. The Bertz CT molecular complexity index is 2320. The lowest BCUT2D eigenvalue weighted by Gasteiger charge is -2.24. The standard InChI is InChI=1S/C40H33N5O4S/c1-25-8-12-27(13-9-25)36-41-34-7-5-4-6-33(34)38(48)44(36)31-20-14-28(15-21-31)37(47)42-45-39(49)35(24-26-10-18-30(19-11-26)43(2)3)50-40(45)29-16-22-32(46)23-17-29/h4-24,40,46H,1-3H3,(H,42,47)/b35-24-. The number of nitrogens with one attached hydrogen (secondary N) is 1. The molecule has 1 aromatic heterocycles. The number of carbonyl (C=O) groups excluding carboxylic acids is 2. The Morgan fingerprint density at radius 2 is 1.54 bits per heavy atom. The Morgan fingerprint density at radius 3 is 2.22 bits per heavy atom. The molecule has 0 radical (unpaired) electrons. The molecule has 1 aliphatic rings. The van der Waals surface area contributed by atoms with Gasteiger partial charge in [0.05, 0.1) is 21.5 Å². The van der Waals surface area contributed by atoms with Crippen molar-refractivity contribution in [3.8, 4) is 22.8 Å². The first-order chi connectivity index (χ1) is 24.2. The number of nitrogens with zero attached hydrogens (tertiary/aromatic N) is 4. The lowest BCUT2D eigenvalue weighted by Crippen LogP contribution is -2.44. The maximum atomic E-state index is 13.8. The molecule has 1 unspecified atom stereocenters. The molecule has 2 N–H and O–H groups in total. The van der Waals surface area contributed by atoms with Crippen molar-refractivity contribution in [3.05, 3.63) is 159 Å². The van der Waals surface area contributed by atoms with Gasteiger partial charge in [-0.2, -0.15) is 0 Å². The first-order valence-corrected chi connectivity index (χ1v) is 16.8. The van der Waals surface area contributed by atoms with Gasteiger partial charge in [0, 0.05) is 30.9 Å². The van der Waals surface area contributed by atoms with E-state index in [4.69, 9.17) is 4.98 Å². The van der Waals surface area contributed by atoms with Gasteiger partial charge in [-0.05, 0) is 84.8 Å². The van der Waals surface area contributed by atoms with Gasteiger partial charge in [-0.1, -0.05) is 78.0 Å². The first kappa shape index (κ1) is 32.4. The van der Waals surface area contributed by atoms with Gasteiger partial charge in [0.25, 0.3) is 17.4 Å². The van der Waals surface area contributed by atoms with E-state index in [0.717, 1.165) is 27.9 Å². The number of amides is 2. The van der Waals surface area contributed by atoms with E-state index in [-0.39, 0.29) is 17.2 Å². The number of thioether (sulfide) groups is 1. The molecule has 1 aliphatic heterocycles. The number of rotatable bonds is 7. The molecule has 1 saturated heterocycles. The van der Waals surface area contributed by atoms with E-state index < -0.39 is 11.3 Å². The largest absolute Gasteiger partial charge is 0.508 e. The summed E-state index contributed by atoms with van der Waals surface area (Å²) in [5, 5.41) is 11.1. The highest BCUT2D eigenvalue weighted by atomic mass is 32.2. The number of fused-ring (bicyclic) bond motifs is 1. The zero-order valence-electron chi connectivity index (χ0n) is 27.6. The van der Waals surface area contributed by atoms with E-state index in [9.17, 15) is 19.5 Å². The molecule has 2 amide bonds. The average Bonchev–Trinajstić information content (AvgIpc) is 3.42. The number of carbonyl (C=O) groups is 2. The summed E-state index contributed by atoms with van der Waals surface area (Å²) in [6.45, 7) is 2.00. The molecule has 2 heterocycles. The molecule has 9 nitrogen and oxygen atoms in total. The van der Waals surface area contributed by atoms with Gasteiger partial charge in [0.1, 0.15) is 16.9 Å². The molecule has 6 aromatic rings. The van der Waals surface area contributed by atoms with Crippen LogP contribution in [0.4, 0.5) is 5.69 Å². The first-order valence-electron chi connectivity index (χ1n) is 15.9. The molecular formula is C40H33N5O4S. The molecule has 1 atom stereocenters. The van der Waals surface area contributed by atoms with Crippen molar-refractivity contribution in [1.29, 1.82) is 0 Å². The van der Waals surface area contributed by atoms with Crippen molar-refractivity contribution < 1.29 is 14.7 Å². The molecule has 0 aliphatic carbocycles. The second kappa shape index (κ2) is 13.4. The van der Waals surface area contributed by atoms with Crippen LogP contribution in [0.1, 0.15) is 32.4 Å². The fourth-order valence-electron chi connectivity index (χ4n) is 5.73. The number of hydrogen-bond donors (Lipinski definition) is 2. The smallest absolute Gasteiger partial charge is 0.280 e. The van der Waals surface area contributed by atoms with Gasteiger partial charge in [-0.15, -0.1) is 0 Å². The highest BCUT2D eigenvalue weighted by Crippen LogP contribution is 2.45. The number of hydrazine groups is 1. The summed E-state index contributed by atoms with van der Waals surface area (Å²) >= 11 is 1.32. The van der Waals surface area contributed by atoms with Gasteiger partial charge in [0.2, 0.25) is 0 Å². The molecule has 5 aromatic carbocycles. The number of benzene rings is 5. The SMILES string of the molecule is Cc1ccc(-c2nc3ccccc3c(=O)n2-c2ccc(C(=O)NN3C(=O)/C(=C/c4ccc(N(C)C)cc4)SC3c3ccc(O)cc3)cc2)cc1. The number of anilines is 1. The monoisotopic (exact) mass is 679 g/mol. The number of aromatic hydroxyl groups is 1. The summed E-state index contributed by atoms with van der Waals surface area (Å²) in [4.78, 5) is 48.7. The van der Waals surface area contributed by atoms with Crippen LogP contribution >= 0.6 is 11.8 Å². The third-order valence-electron chi connectivity index (χ3n) is 8.48. The number of phenols is 1. The van der Waals surface area contributed by atoms with Gasteiger partial charge >= 0.3 is 0 Å². The molecule has 0 saturated carbocycles.